The third kappa shape index (κ3) is 5.80. The van der Waals surface area contributed by atoms with Gasteiger partial charge < -0.3 is 10.2 Å². The number of rotatable bonds is 6. The molecular formula is C27H18Cl4N2O2. The molecule has 0 heterocycles. The highest BCUT2D eigenvalue weighted by Gasteiger charge is 2.15. The first kappa shape index (κ1) is 25.1. The highest BCUT2D eigenvalue weighted by Crippen LogP contribution is 2.39. The van der Waals surface area contributed by atoms with Crippen LogP contribution in [-0.4, -0.2) is 22.6 Å². The summed E-state index contributed by atoms with van der Waals surface area (Å²) in [6.07, 6.45) is 3.44. The molecule has 0 radical (unpaired) electrons. The molecule has 0 aliphatic rings. The normalized spacial score (nSPS) is 11.5. The number of aromatic hydroxyl groups is 2. The molecule has 35 heavy (non-hydrogen) atoms. The van der Waals surface area contributed by atoms with Gasteiger partial charge in [-0.15, -0.1) is 0 Å². The summed E-state index contributed by atoms with van der Waals surface area (Å²) in [5.74, 6) is 0.241. The topological polar surface area (TPSA) is 65.2 Å². The Morgan fingerprint density at radius 3 is 1.34 bits per heavy atom. The van der Waals surface area contributed by atoms with E-state index in [1.54, 1.807) is 60.7 Å². The maximum Gasteiger partial charge on any atom is 0.124 e. The Hall–Kier alpha value is -3.02. The van der Waals surface area contributed by atoms with Crippen LogP contribution in [0.1, 0.15) is 22.3 Å². The van der Waals surface area contributed by atoms with Crippen LogP contribution in [-0.2, 0) is 6.42 Å². The van der Waals surface area contributed by atoms with Crippen LogP contribution in [0, 0.1) is 0 Å². The molecule has 8 heteroatoms. The summed E-state index contributed by atoms with van der Waals surface area (Å²) in [6, 6.07) is 20.8. The second kappa shape index (κ2) is 11.1. The molecule has 4 aromatic rings. The molecule has 4 nitrogen and oxygen atoms in total. The van der Waals surface area contributed by atoms with Crippen LogP contribution in [0.4, 0.5) is 11.4 Å². The van der Waals surface area contributed by atoms with Crippen molar-refractivity contribution in [1.82, 2.24) is 0 Å². The zero-order valence-electron chi connectivity index (χ0n) is 18.1. The summed E-state index contributed by atoms with van der Waals surface area (Å²) >= 11 is 26.0. The van der Waals surface area contributed by atoms with Gasteiger partial charge in [0.15, 0.2) is 0 Å². The highest BCUT2D eigenvalue weighted by molar-refractivity contribution is 6.45. The number of nitrogens with zero attached hydrogens (tertiary/aromatic N) is 2. The van der Waals surface area contributed by atoms with Gasteiger partial charge in [0.25, 0.3) is 0 Å². The predicted octanol–water partition coefficient (Wildman–Crippen LogP) is 8.80. The van der Waals surface area contributed by atoms with Crippen molar-refractivity contribution >= 4 is 70.2 Å². The van der Waals surface area contributed by atoms with Gasteiger partial charge in [-0.2, -0.15) is 0 Å². The Labute approximate surface area is 222 Å². The average molecular weight is 544 g/mol. The summed E-state index contributed by atoms with van der Waals surface area (Å²) in [5, 5.41) is 21.1. The Balaban J connectivity index is 1.56. The van der Waals surface area contributed by atoms with Crippen LogP contribution in [0.5, 0.6) is 11.5 Å². The van der Waals surface area contributed by atoms with Crippen LogP contribution in [0.25, 0.3) is 0 Å². The van der Waals surface area contributed by atoms with E-state index in [4.69, 9.17) is 46.4 Å². The van der Waals surface area contributed by atoms with Gasteiger partial charge >= 0.3 is 0 Å². The third-order valence-electron chi connectivity index (χ3n) is 5.22. The summed E-state index contributed by atoms with van der Waals surface area (Å²) in [7, 11) is 0. The van der Waals surface area contributed by atoms with Crippen molar-refractivity contribution in [2.24, 2.45) is 9.98 Å². The van der Waals surface area contributed by atoms with Crippen LogP contribution < -0.4 is 0 Å². The van der Waals surface area contributed by atoms with Crippen molar-refractivity contribution in [1.29, 1.82) is 0 Å². The molecule has 4 aromatic carbocycles. The molecule has 0 atom stereocenters. The summed E-state index contributed by atoms with van der Waals surface area (Å²) < 4.78 is 0. The second-order valence-corrected chi connectivity index (χ2v) is 9.07. The van der Waals surface area contributed by atoms with Crippen molar-refractivity contribution in [3.8, 4) is 11.5 Å². The minimum absolute atomic E-state index is 0.120. The Bertz CT molecular complexity index is 1340. The smallest absolute Gasteiger partial charge is 0.124 e. The Kier molecular flexibility index (Phi) is 7.99. The second-order valence-electron chi connectivity index (χ2n) is 7.55. The molecule has 0 spiro atoms. The van der Waals surface area contributed by atoms with Gasteiger partial charge in [0.1, 0.15) is 11.5 Å². The molecule has 4 rings (SSSR count). The molecule has 0 bridgehead atoms. The lowest BCUT2D eigenvalue weighted by Gasteiger charge is -2.11. The van der Waals surface area contributed by atoms with E-state index >= 15 is 0 Å². The van der Waals surface area contributed by atoms with Crippen molar-refractivity contribution in [3.63, 3.8) is 0 Å². The van der Waals surface area contributed by atoms with Crippen LogP contribution in [0.2, 0.25) is 20.1 Å². The maximum absolute atomic E-state index is 9.90. The first-order valence-electron chi connectivity index (χ1n) is 10.4. The zero-order chi connectivity index (χ0) is 24.9. The number of phenolic OH excluding ortho intramolecular Hbond substituents is 2. The molecule has 0 amide bonds. The minimum atomic E-state index is 0.120. The van der Waals surface area contributed by atoms with Crippen molar-refractivity contribution in [2.45, 2.75) is 6.42 Å². The number of halogens is 4. The fraction of sp³-hybridized carbons (Fsp3) is 0.0370. The number of phenols is 2. The number of hydrogen-bond donors (Lipinski definition) is 2. The zero-order valence-corrected chi connectivity index (χ0v) is 21.1. The van der Waals surface area contributed by atoms with E-state index in [1.165, 1.54) is 12.4 Å². The van der Waals surface area contributed by atoms with E-state index in [2.05, 4.69) is 9.98 Å². The van der Waals surface area contributed by atoms with Gasteiger partial charge in [-0.05, 0) is 47.5 Å². The molecule has 0 fully saturated rings. The molecule has 0 unspecified atom stereocenters. The number of benzene rings is 4. The van der Waals surface area contributed by atoms with Gasteiger partial charge in [-0.3, -0.25) is 9.98 Å². The lowest BCUT2D eigenvalue weighted by molar-refractivity contribution is 0.474. The highest BCUT2D eigenvalue weighted by atomic mass is 35.5. The van der Waals surface area contributed by atoms with Gasteiger partial charge in [-0.25, -0.2) is 0 Å². The SMILES string of the molecule is Oc1ccccc1C=Nc1ccc(Cc2ccc(N=Cc3ccccc3O)c(Cl)c2Cl)c(Cl)c1Cl. The van der Waals surface area contributed by atoms with E-state index in [0.717, 1.165) is 11.1 Å². The number of aliphatic imine (C=N–C) groups is 2. The number of hydrogen-bond acceptors (Lipinski definition) is 4. The van der Waals surface area contributed by atoms with E-state index in [-0.39, 0.29) is 11.5 Å². The third-order valence-corrected chi connectivity index (χ3v) is 7.05. The van der Waals surface area contributed by atoms with Gasteiger partial charge in [0.2, 0.25) is 0 Å². The van der Waals surface area contributed by atoms with Gasteiger partial charge in [0, 0.05) is 30.0 Å². The average Bonchev–Trinajstić information content (AvgIpc) is 2.85. The minimum Gasteiger partial charge on any atom is -0.507 e. The fourth-order valence-corrected chi connectivity index (χ4v) is 4.23. The lowest BCUT2D eigenvalue weighted by Crippen LogP contribution is -1.93. The van der Waals surface area contributed by atoms with Crippen LogP contribution >= 0.6 is 46.4 Å². The molecule has 176 valence electrons. The molecule has 0 saturated carbocycles. The van der Waals surface area contributed by atoms with Crippen molar-refractivity contribution in [2.75, 3.05) is 0 Å². The van der Waals surface area contributed by atoms with Crippen molar-refractivity contribution < 1.29 is 10.2 Å². The summed E-state index contributed by atoms with van der Waals surface area (Å²) in [4.78, 5) is 8.72. The summed E-state index contributed by atoms with van der Waals surface area (Å²) in [5.41, 5.74) is 3.58. The Morgan fingerprint density at radius 2 is 0.943 bits per heavy atom. The maximum atomic E-state index is 9.90. The lowest BCUT2D eigenvalue weighted by atomic mass is 10.0. The largest absolute Gasteiger partial charge is 0.507 e. The number of para-hydroxylation sites is 2. The van der Waals surface area contributed by atoms with Crippen LogP contribution in [0.15, 0.2) is 82.8 Å². The van der Waals surface area contributed by atoms with E-state index in [0.29, 0.717) is 49.0 Å². The van der Waals surface area contributed by atoms with E-state index in [1.807, 2.05) is 12.1 Å². The quantitative estimate of drug-likeness (QED) is 0.238. The molecule has 2 N–H and O–H groups in total. The molecule has 0 saturated heterocycles. The Morgan fingerprint density at radius 1 is 0.543 bits per heavy atom. The van der Waals surface area contributed by atoms with Gasteiger partial charge in [0.05, 0.1) is 31.5 Å². The standard InChI is InChI=1S/C27H18Cl4N2O2/c28-24-16(9-11-20(26(24)30)32-14-18-5-1-3-7-22(18)34)13-17-10-12-21(27(31)25(17)29)33-15-19-6-2-4-8-23(19)35/h1-12,14-15,34-35H,13H2. The first-order valence-corrected chi connectivity index (χ1v) is 11.9. The molecule has 0 aliphatic carbocycles. The van der Waals surface area contributed by atoms with Crippen molar-refractivity contribution in [3.05, 3.63) is 115 Å². The molecule has 0 aliphatic heterocycles. The molecular weight excluding hydrogens is 526 g/mol. The van der Waals surface area contributed by atoms with Gasteiger partial charge in [-0.1, -0.05) is 82.8 Å². The van der Waals surface area contributed by atoms with E-state index < -0.39 is 0 Å². The van der Waals surface area contributed by atoms with Crippen LogP contribution in [0.3, 0.4) is 0 Å². The summed E-state index contributed by atoms with van der Waals surface area (Å²) in [6.45, 7) is 0. The monoisotopic (exact) mass is 542 g/mol. The fourth-order valence-electron chi connectivity index (χ4n) is 3.31. The molecule has 0 aromatic heterocycles. The van der Waals surface area contributed by atoms with E-state index in [9.17, 15) is 10.2 Å². The predicted molar refractivity (Wildman–Crippen MR) is 146 cm³/mol. The first-order chi connectivity index (χ1) is 16.8.